The van der Waals surface area contributed by atoms with Crippen molar-refractivity contribution < 1.29 is 4.74 Å². The first-order valence-corrected chi connectivity index (χ1v) is 8.90. The molecule has 2 aromatic rings. The van der Waals surface area contributed by atoms with Gasteiger partial charge in [-0.05, 0) is 60.9 Å². The number of thiophene rings is 1. The average molecular weight is 459 g/mol. The third kappa shape index (κ3) is 7.53. The Morgan fingerprint density at radius 2 is 1.88 bits per heavy atom. The molecule has 1 aromatic heterocycles. The van der Waals surface area contributed by atoms with Crippen LogP contribution in [0.5, 0.6) is 5.75 Å². The quantitative estimate of drug-likeness (QED) is 0.367. The molecular formula is C18H26IN3OS. The highest BCUT2D eigenvalue weighted by atomic mass is 127. The smallest absolute Gasteiger partial charge is 0.191 e. The summed E-state index contributed by atoms with van der Waals surface area (Å²) in [4.78, 5) is 4.60. The van der Waals surface area contributed by atoms with Gasteiger partial charge in [0.05, 0.1) is 12.6 Å². The predicted molar refractivity (Wildman–Crippen MR) is 114 cm³/mol. The number of aliphatic imine (C=N–C) groups is 1. The van der Waals surface area contributed by atoms with Gasteiger partial charge < -0.3 is 15.4 Å². The molecule has 2 rings (SSSR count). The first kappa shape index (κ1) is 20.8. The number of hydrogen-bond acceptors (Lipinski definition) is 3. The number of hydrogen-bond donors (Lipinski definition) is 2. The minimum atomic E-state index is 0. The Morgan fingerprint density at radius 3 is 2.46 bits per heavy atom. The van der Waals surface area contributed by atoms with Crippen LogP contribution in [0.25, 0.3) is 0 Å². The lowest BCUT2D eigenvalue weighted by Gasteiger charge is -2.12. The monoisotopic (exact) mass is 459 g/mol. The lowest BCUT2D eigenvalue weighted by molar-refractivity contribution is 0.242. The molecule has 0 aliphatic carbocycles. The highest BCUT2D eigenvalue weighted by Crippen LogP contribution is 2.13. The number of rotatable bonds is 7. The molecule has 1 aromatic carbocycles. The molecule has 0 radical (unpaired) electrons. The Bertz CT molecular complexity index is 597. The molecule has 0 unspecified atom stereocenters. The van der Waals surface area contributed by atoms with Gasteiger partial charge in [0.25, 0.3) is 0 Å². The summed E-state index contributed by atoms with van der Waals surface area (Å²) >= 11 is 1.70. The van der Waals surface area contributed by atoms with Crippen molar-refractivity contribution in [3.63, 3.8) is 0 Å². The van der Waals surface area contributed by atoms with Gasteiger partial charge in [0, 0.05) is 13.1 Å². The van der Waals surface area contributed by atoms with Crippen LogP contribution in [0.15, 0.2) is 46.1 Å². The van der Waals surface area contributed by atoms with Gasteiger partial charge in [-0.15, -0.1) is 24.0 Å². The first-order chi connectivity index (χ1) is 11.2. The Kier molecular flexibility index (Phi) is 9.78. The standard InChI is InChI=1S/C18H25N3OS.HI/c1-4-19-18(21-12-16-9-10-23-13-16)20-11-15-5-7-17(8-6-15)22-14(2)3;/h5-10,13-14H,4,11-12H2,1-3H3,(H2,19,20,21);1H. The number of ether oxygens (including phenoxy) is 1. The van der Waals surface area contributed by atoms with Crippen molar-refractivity contribution >= 4 is 41.3 Å². The van der Waals surface area contributed by atoms with Crippen LogP contribution >= 0.6 is 35.3 Å². The molecule has 4 nitrogen and oxygen atoms in total. The molecule has 0 fully saturated rings. The van der Waals surface area contributed by atoms with Crippen molar-refractivity contribution in [1.82, 2.24) is 10.6 Å². The molecule has 6 heteroatoms. The highest BCUT2D eigenvalue weighted by molar-refractivity contribution is 14.0. The second kappa shape index (κ2) is 11.3. The molecule has 0 aliphatic rings. The largest absolute Gasteiger partial charge is 0.491 e. The average Bonchev–Trinajstić information content (AvgIpc) is 3.04. The van der Waals surface area contributed by atoms with Crippen molar-refractivity contribution in [2.24, 2.45) is 4.99 Å². The molecule has 132 valence electrons. The number of guanidine groups is 1. The second-order valence-electron chi connectivity index (χ2n) is 5.49. The molecule has 1 heterocycles. The van der Waals surface area contributed by atoms with Crippen molar-refractivity contribution in [2.75, 3.05) is 6.54 Å². The van der Waals surface area contributed by atoms with Crippen LogP contribution in [0.4, 0.5) is 0 Å². The molecule has 24 heavy (non-hydrogen) atoms. The molecule has 0 aliphatic heterocycles. The van der Waals surface area contributed by atoms with Crippen LogP contribution in [0.3, 0.4) is 0 Å². The van der Waals surface area contributed by atoms with Gasteiger partial charge in [0.15, 0.2) is 5.96 Å². The van der Waals surface area contributed by atoms with E-state index < -0.39 is 0 Å². The maximum Gasteiger partial charge on any atom is 0.191 e. The Hall–Kier alpha value is -1.28. The number of halogens is 1. The van der Waals surface area contributed by atoms with Gasteiger partial charge in [-0.2, -0.15) is 11.3 Å². The maximum atomic E-state index is 5.66. The van der Waals surface area contributed by atoms with E-state index in [4.69, 9.17) is 4.74 Å². The molecule has 2 N–H and O–H groups in total. The lowest BCUT2D eigenvalue weighted by atomic mass is 10.2. The second-order valence-corrected chi connectivity index (χ2v) is 6.27. The molecule has 0 saturated heterocycles. The zero-order valence-electron chi connectivity index (χ0n) is 14.4. The van der Waals surface area contributed by atoms with Crippen LogP contribution in [-0.2, 0) is 13.1 Å². The molecule has 0 saturated carbocycles. The summed E-state index contributed by atoms with van der Waals surface area (Å²) in [6.07, 6.45) is 0.198. The van der Waals surface area contributed by atoms with Gasteiger partial charge in [-0.25, -0.2) is 4.99 Å². The maximum absolute atomic E-state index is 5.66. The topological polar surface area (TPSA) is 45.7 Å². The predicted octanol–water partition coefficient (Wildman–Crippen LogP) is 4.41. The van der Waals surface area contributed by atoms with Gasteiger partial charge in [-0.1, -0.05) is 12.1 Å². The van der Waals surface area contributed by atoms with E-state index in [1.165, 1.54) is 11.1 Å². The summed E-state index contributed by atoms with van der Waals surface area (Å²) in [6, 6.07) is 10.3. The van der Waals surface area contributed by atoms with E-state index in [-0.39, 0.29) is 30.1 Å². The zero-order valence-corrected chi connectivity index (χ0v) is 17.6. The fourth-order valence-corrected chi connectivity index (χ4v) is 2.70. The van der Waals surface area contributed by atoms with Crippen LogP contribution in [-0.4, -0.2) is 18.6 Å². The van der Waals surface area contributed by atoms with Gasteiger partial charge in [0.2, 0.25) is 0 Å². The van der Waals surface area contributed by atoms with Crippen molar-refractivity contribution in [1.29, 1.82) is 0 Å². The normalized spacial score (nSPS) is 11.1. The number of benzene rings is 1. The minimum Gasteiger partial charge on any atom is -0.491 e. The Labute approximate surface area is 165 Å². The minimum absolute atomic E-state index is 0. The fourth-order valence-electron chi connectivity index (χ4n) is 2.04. The third-order valence-electron chi connectivity index (χ3n) is 3.10. The number of nitrogens with zero attached hydrogens (tertiary/aromatic N) is 1. The summed E-state index contributed by atoms with van der Waals surface area (Å²) in [5, 5.41) is 10.8. The molecule has 0 spiro atoms. The summed E-state index contributed by atoms with van der Waals surface area (Å²) in [6.45, 7) is 8.40. The third-order valence-corrected chi connectivity index (χ3v) is 3.83. The van der Waals surface area contributed by atoms with Gasteiger partial charge in [-0.3, -0.25) is 0 Å². The zero-order chi connectivity index (χ0) is 16.5. The molecular weight excluding hydrogens is 433 g/mol. The van der Waals surface area contributed by atoms with E-state index >= 15 is 0 Å². The van der Waals surface area contributed by atoms with Gasteiger partial charge >= 0.3 is 0 Å². The van der Waals surface area contributed by atoms with Gasteiger partial charge in [0.1, 0.15) is 5.75 Å². The summed E-state index contributed by atoms with van der Waals surface area (Å²) in [7, 11) is 0. The van der Waals surface area contributed by atoms with Crippen LogP contribution in [0.1, 0.15) is 31.9 Å². The van der Waals surface area contributed by atoms with E-state index in [1.54, 1.807) is 11.3 Å². The molecule has 0 bridgehead atoms. The van der Waals surface area contributed by atoms with E-state index in [0.717, 1.165) is 24.8 Å². The van der Waals surface area contributed by atoms with Crippen LogP contribution in [0.2, 0.25) is 0 Å². The first-order valence-electron chi connectivity index (χ1n) is 7.96. The van der Waals surface area contributed by atoms with Crippen molar-refractivity contribution in [3.05, 3.63) is 52.2 Å². The highest BCUT2D eigenvalue weighted by Gasteiger charge is 2.01. The van der Waals surface area contributed by atoms with Crippen LogP contribution < -0.4 is 15.4 Å². The van der Waals surface area contributed by atoms with Crippen molar-refractivity contribution in [2.45, 2.75) is 40.0 Å². The molecule has 0 amide bonds. The molecule has 0 atom stereocenters. The van der Waals surface area contributed by atoms with E-state index in [9.17, 15) is 0 Å². The van der Waals surface area contributed by atoms with E-state index in [0.29, 0.717) is 6.54 Å². The van der Waals surface area contributed by atoms with Crippen LogP contribution in [0, 0.1) is 0 Å². The summed E-state index contributed by atoms with van der Waals surface area (Å²) in [5.41, 5.74) is 2.43. The Balaban J connectivity index is 0.00000288. The summed E-state index contributed by atoms with van der Waals surface area (Å²) < 4.78 is 5.66. The van der Waals surface area contributed by atoms with E-state index in [1.807, 2.05) is 26.0 Å². The SMILES string of the molecule is CCNC(=NCc1ccsc1)NCc1ccc(OC(C)C)cc1.I. The van der Waals surface area contributed by atoms with E-state index in [2.05, 4.69) is 51.5 Å². The lowest BCUT2D eigenvalue weighted by Crippen LogP contribution is -2.36. The van der Waals surface area contributed by atoms with Crippen molar-refractivity contribution in [3.8, 4) is 5.75 Å². The Morgan fingerprint density at radius 1 is 1.12 bits per heavy atom. The number of nitrogens with one attached hydrogen (secondary N) is 2. The summed E-state index contributed by atoms with van der Waals surface area (Å²) in [5.74, 6) is 1.74. The fraction of sp³-hybridized carbons (Fsp3) is 0.389.